The zero-order chi connectivity index (χ0) is 27.3. The van der Waals surface area contributed by atoms with E-state index in [0.29, 0.717) is 17.6 Å². The van der Waals surface area contributed by atoms with E-state index in [-0.39, 0.29) is 18.8 Å². The second-order valence-electron chi connectivity index (χ2n) is 10.9. The van der Waals surface area contributed by atoms with Crippen molar-refractivity contribution in [3.63, 3.8) is 0 Å². The Balaban J connectivity index is 4.62. The molecule has 3 atom stereocenters. The van der Waals surface area contributed by atoms with Gasteiger partial charge in [0.15, 0.2) is 5.78 Å². The van der Waals surface area contributed by atoms with Gasteiger partial charge in [0, 0.05) is 13.0 Å². The summed E-state index contributed by atoms with van der Waals surface area (Å²) in [6.45, 7) is 4.39. The molecule has 0 bridgehead atoms. The molecule has 0 aliphatic heterocycles. The minimum atomic E-state index is -4.70. The lowest BCUT2D eigenvalue weighted by Gasteiger charge is -2.32. The van der Waals surface area contributed by atoms with Crippen molar-refractivity contribution < 1.29 is 37.6 Å². The van der Waals surface area contributed by atoms with Gasteiger partial charge in [-0.1, -0.05) is 90.9 Å². The van der Waals surface area contributed by atoms with Crippen LogP contribution in [-0.2, 0) is 23.1 Å². The molecule has 0 saturated carbocycles. The Kier molecular flexibility index (Phi) is 21.4. The summed E-state index contributed by atoms with van der Waals surface area (Å²) in [5, 5.41) is 9.85. The molecule has 0 amide bonds. The maximum Gasteiger partial charge on any atom is 0.268 e. The largest absolute Gasteiger partial charge is 0.756 e. The molecule has 9 heteroatoms. The SMILES string of the molecule is CCCCCCCCCCCCCC(=O)C(OCCCCC)[C@H](CO)OP(=O)([O-])OCC[N+](C)(C)C. The summed E-state index contributed by atoms with van der Waals surface area (Å²) in [4.78, 5) is 25.3. The molecular weight excluding hydrogens is 481 g/mol. The van der Waals surface area contributed by atoms with Crippen molar-refractivity contribution in [3.8, 4) is 0 Å². The van der Waals surface area contributed by atoms with Gasteiger partial charge in [0.05, 0.1) is 27.7 Å². The van der Waals surface area contributed by atoms with Crippen molar-refractivity contribution >= 4 is 13.6 Å². The van der Waals surface area contributed by atoms with E-state index in [0.717, 1.165) is 38.5 Å². The Labute approximate surface area is 221 Å². The van der Waals surface area contributed by atoms with Gasteiger partial charge in [-0.15, -0.1) is 0 Å². The van der Waals surface area contributed by atoms with Gasteiger partial charge in [-0.25, -0.2) is 0 Å². The van der Waals surface area contributed by atoms with Gasteiger partial charge in [-0.2, -0.15) is 0 Å². The minimum absolute atomic E-state index is 0.0445. The predicted octanol–water partition coefficient (Wildman–Crippen LogP) is 5.40. The quantitative estimate of drug-likeness (QED) is 0.0895. The molecule has 0 aliphatic rings. The van der Waals surface area contributed by atoms with Gasteiger partial charge in [-0.05, 0) is 12.8 Å². The first-order valence-corrected chi connectivity index (χ1v) is 15.7. The number of carbonyl (C=O) groups excluding carboxylic acids is 1. The Morgan fingerprint density at radius 3 is 1.83 bits per heavy atom. The van der Waals surface area contributed by atoms with E-state index in [2.05, 4.69) is 13.8 Å². The maximum absolute atomic E-state index is 12.9. The topological polar surface area (TPSA) is 105 Å². The van der Waals surface area contributed by atoms with Gasteiger partial charge >= 0.3 is 0 Å². The van der Waals surface area contributed by atoms with Crippen LogP contribution in [-0.4, -0.2) is 75.1 Å². The number of ketones is 1. The van der Waals surface area contributed by atoms with Crippen molar-refractivity contribution in [2.45, 2.75) is 122 Å². The molecule has 8 nitrogen and oxygen atoms in total. The number of quaternary nitrogens is 1. The summed E-state index contributed by atoms with van der Waals surface area (Å²) in [5.41, 5.74) is 0. The Morgan fingerprint density at radius 2 is 1.33 bits per heavy atom. The van der Waals surface area contributed by atoms with E-state index in [4.69, 9.17) is 13.8 Å². The number of likely N-dealkylation sites (N-methyl/N-ethyl adjacent to an activating group) is 1. The van der Waals surface area contributed by atoms with Crippen molar-refractivity contribution in [1.29, 1.82) is 0 Å². The third kappa shape index (κ3) is 20.7. The van der Waals surface area contributed by atoms with E-state index in [9.17, 15) is 19.4 Å². The second kappa shape index (κ2) is 21.6. The van der Waals surface area contributed by atoms with Gasteiger partial charge in [0.25, 0.3) is 7.82 Å². The van der Waals surface area contributed by atoms with Crippen LogP contribution in [0.25, 0.3) is 0 Å². The number of phosphoric ester groups is 1. The summed E-state index contributed by atoms with van der Waals surface area (Å²) in [7, 11) is 1.06. The Hall–Kier alpha value is -0.340. The summed E-state index contributed by atoms with van der Waals surface area (Å²) in [6.07, 6.45) is 13.5. The monoisotopic (exact) mass is 537 g/mol. The fraction of sp³-hybridized carbons (Fsp3) is 0.963. The molecular formula is C27H56NO7P. The van der Waals surface area contributed by atoms with Crippen LogP contribution < -0.4 is 4.89 Å². The average molecular weight is 538 g/mol. The summed E-state index contributed by atoms with van der Waals surface area (Å²) < 4.78 is 28.7. The van der Waals surface area contributed by atoms with E-state index in [1.165, 1.54) is 51.4 Å². The van der Waals surface area contributed by atoms with Crippen molar-refractivity contribution in [2.75, 3.05) is 47.5 Å². The molecule has 216 valence electrons. The number of rotatable bonds is 26. The summed E-state index contributed by atoms with van der Waals surface area (Å²) in [6, 6.07) is 0. The zero-order valence-corrected chi connectivity index (χ0v) is 24.8. The molecule has 0 aromatic carbocycles. The van der Waals surface area contributed by atoms with Crippen molar-refractivity contribution in [2.24, 2.45) is 0 Å². The molecule has 0 aliphatic carbocycles. The molecule has 0 saturated heterocycles. The maximum atomic E-state index is 12.9. The first-order valence-electron chi connectivity index (χ1n) is 14.3. The standard InChI is InChI=1S/C27H56NO7P/c1-6-8-10-11-12-13-14-15-16-17-18-20-25(30)27(33-22-19-9-7-2)26(24-29)35-36(31,32)34-23-21-28(3,4)5/h26-27,29H,6-24H2,1-5H3/t26-,27?/m0/s1. The molecule has 1 N–H and O–H groups in total. The normalized spacial score (nSPS) is 15.5. The van der Waals surface area contributed by atoms with Crippen LogP contribution in [0.4, 0.5) is 0 Å². The fourth-order valence-electron chi connectivity index (χ4n) is 3.88. The van der Waals surface area contributed by atoms with Gasteiger partial charge < -0.3 is 28.3 Å². The van der Waals surface area contributed by atoms with Gasteiger partial charge in [-0.3, -0.25) is 9.36 Å². The van der Waals surface area contributed by atoms with Gasteiger partial charge in [0.2, 0.25) is 0 Å². The van der Waals surface area contributed by atoms with Gasteiger partial charge in [0.1, 0.15) is 25.4 Å². The number of unbranched alkanes of at least 4 members (excludes halogenated alkanes) is 12. The van der Waals surface area contributed by atoms with Crippen LogP contribution in [0, 0.1) is 0 Å². The molecule has 0 aromatic rings. The van der Waals surface area contributed by atoms with Crippen LogP contribution in [0.2, 0.25) is 0 Å². The number of ether oxygens (including phenoxy) is 1. The minimum Gasteiger partial charge on any atom is -0.756 e. The molecule has 0 rings (SSSR count). The average Bonchev–Trinajstić information content (AvgIpc) is 2.80. The third-order valence-corrected chi connectivity index (χ3v) is 7.21. The number of phosphoric acid groups is 1. The van der Waals surface area contributed by atoms with Crippen LogP contribution in [0.5, 0.6) is 0 Å². The highest BCUT2D eigenvalue weighted by molar-refractivity contribution is 7.45. The molecule has 0 spiro atoms. The molecule has 0 aromatic heterocycles. The zero-order valence-electron chi connectivity index (χ0n) is 23.9. The lowest BCUT2D eigenvalue weighted by atomic mass is 10.0. The van der Waals surface area contributed by atoms with E-state index in [1.54, 1.807) is 0 Å². The number of nitrogens with zero attached hydrogens (tertiary/aromatic N) is 1. The smallest absolute Gasteiger partial charge is 0.268 e. The molecule has 2 unspecified atom stereocenters. The number of aliphatic hydroxyl groups excluding tert-OH is 1. The molecule has 0 fully saturated rings. The third-order valence-electron chi connectivity index (χ3n) is 6.18. The van der Waals surface area contributed by atoms with E-state index in [1.807, 2.05) is 21.1 Å². The highest BCUT2D eigenvalue weighted by Crippen LogP contribution is 2.40. The lowest BCUT2D eigenvalue weighted by molar-refractivity contribution is -0.870. The number of carbonyl (C=O) groups is 1. The number of aliphatic hydroxyl groups is 1. The van der Waals surface area contributed by atoms with E-state index >= 15 is 0 Å². The summed E-state index contributed by atoms with van der Waals surface area (Å²) in [5.74, 6) is -0.229. The number of hydrogen-bond donors (Lipinski definition) is 1. The summed E-state index contributed by atoms with van der Waals surface area (Å²) >= 11 is 0. The Bertz CT molecular complexity index is 583. The van der Waals surface area contributed by atoms with Crippen LogP contribution in [0.3, 0.4) is 0 Å². The highest BCUT2D eigenvalue weighted by Gasteiger charge is 2.32. The molecule has 36 heavy (non-hydrogen) atoms. The second-order valence-corrected chi connectivity index (χ2v) is 12.2. The number of Topliss-reactive ketones (excluding diaryl/α,β-unsaturated/α-hetero) is 1. The molecule has 0 heterocycles. The molecule has 0 radical (unpaired) electrons. The van der Waals surface area contributed by atoms with E-state index < -0.39 is 26.6 Å². The van der Waals surface area contributed by atoms with Crippen LogP contribution in [0.1, 0.15) is 110 Å². The highest BCUT2D eigenvalue weighted by atomic mass is 31.2. The Morgan fingerprint density at radius 1 is 0.833 bits per heavy atom. The van der Waals surface area contributed by atoms with Crippen LogP contribution in [0.15, 0.2) is 0 Å². The van der Waals surface area contributed by atoms with Crippen LogP contribution >= 0.6 is 7.82 Å². The first kappa shape index (κ1) is 35.7. The fourth-order valence-corrected chi connectivity index (χ4v) is 4.76. The number of hydrogen-bond acceptors (Lipinski definition) is 7. The van der Waals surface area contributed by atoms with Crippen molar-refractivity contribution in [3.05, 3.63) is 0 Å². The van der Waals surface area contributed by atoms with Crippen molar-refractivity contribution in [1.82, 2.24) is 0 Å². The first-order chi connectivity index (χ1) is 17.1. The predicted molar refractivity (Wildman–Crippen MR) is 144 cm³/mol. The lowest BCUT2D eigenvalue weighted by Crippen LogP contribution is -2.42.